The van der Waals surface area contributed by atoms with Gasteiger partial charge in [0.25, 0.3) is 0 Å². The van der Waals surface area contributed by atoms with E-state index in [1.165, 1.54) is 19.4 Å². The summed E-state index contributed by atoms with van der Waals surface area (Å²) < 4.78 is 6.43. The van der Waals surface area contributed by atoms with E-state index in [-0.39, 0.29) is 11.2 Å². The molecule has 21 heavy (non-hydrogen) atoms. The number of hydrogen-bond donors (Lipinski definition) is 1. The largest absolute Gasteiger partial charge is 0.368 e. The van der Waals surface area contributed by atoms with Crippen molar-refractivity contribution in [1.29, 1.82) is 0 Å². The van der Waals surface area contributed by atoms with E-state index in [1.54, 1.807) is 0 Å². The van der Waals surface area contributed by atoms with Gasteiger partial charge >= 0.3 is 0 Å². The first kappa shape index (κ1) is 17.2. The Hall–Kier alpha value is -0.120. The summed E-state index contributed by atoms with van der Waals surface area (Å²) in [7, 11) is 0. The maximum atomic E-state index is 6.43. The fraction of sp³-hybridized carbons (Fsp3) is 1.00. The molecule has 3 nitrogen and oxygen atoms in total. The lowest BCUT2D eigenvalue weighted by Gasteiger charge is -2.35. The van der Waals surface area contributed by atoms with E-state index < -0.39 is 0 Å². The summed E-state index contributed by atoms with van der Waals surface area (Å²) in [4.78, 5) is 2.73. The summed E-state index contributed by atoms with van der Waals surface area (Å²) in [5.41, 5.74) is -0.141. The van der Waals surface area contributed by atoms with Gasteiger partial charge in [0.1, 0.15) is 0 Å². The molecule has 2 aliphatic rings. The topological polar surface area (TPSA) is 24.5 Å². The molecule has 2 rings (SSSR count). The minimum absolute atomic E-state index is 0.0551. The Labute approximate surface area is 131 Å². The van der Waals surface area contributed by atoms with Crippen LogP contribution in [0.25, 0.3) is 0 Å². The Balaban J connectivity index is 2.13. The first-order valence-corrected chi connectivity index (χ1v) is 8.85. The third kappa shape index (κ3) is 4.00. The molecule has 1 N–H and O–H groups in total. The van der Waals surface area contributed by atoms with Crippen LogP contribution in [0, 0.1) is 11.8 Å². The molecule has 1 saturated heterocycles. The molecule has 2 fully saturated rings. The van der Waals surface area contributed by atoms with Crippen LogP contribution in [-0.4, -0.2) is 47.8 Å². The van der Waals surface area contributed by atoms with E-state index in [0.717, 1.165) is 25.0 Å². The van der Waals surface area contributed by atoms with Crippen molar-refractivity contribution in [2.45, 2.75) is 84.6 Å². The third-order valence-electron chi connectivity index (χ3n) is 5.09. The van der Waals surface area contributed by atoms with Crippen molar-refractivity contribution in [3.63, 3.8) is 0 Å². The molecule has 2 atom stereocenters. The summed E-state index contributed by atoms with van der Waals surface area (Å²) in [5.74, 6) is 1.29. The van der Waals surface area contributed by atoms with Gasteiger partial charge in [0, 0.05) is 31.1 Å². The lowest BCUT2D eigenvalue weighted by Crippen LogP contribution is -2.51. The molecule has 0 bridgehead atoms. The number of nitrogens with one attached hydrogen (secondary N) is 1. The van der Waals surface area contributed by atoms with Crippen molar-refractivity contribution in [2.75, 3.05) is 19.6 Å². The maximum Gasteiger partial charge on any atom is 0.0790 e. The van der Waals surface area contributed by atoms with Crippen molar-refractivity contribution in [3.05, 3.63) is 0 Å². The van der Waals surface area contributed by atoms with Gasteiger partial charge in [-0.3, -0.25) is 4.90 Å². The highest BCUT2D eigenvalue weighted by molar-refractivity contribution is 5.06. The van der Waals surface area contributed by atoms with Gasteiger partial charge in [-0.15, -0.1) is 0 Å². The van der Waals surface area contributed by atoms with Crippen LogP contribution in [0.15, 0.2) is 0 Å². The monoisotopic (exact) mass is 296 g/mol. The van der Waals surface area contributed by atoms with E-state index >= 15 is 0 Å². The SMILES string of the molecule is CCNC1C(CN(CC(C)C)C2CC2)C(C)(C)OC1(C)C. The zero-order valence-electron chi connectivity index (χ0n) is 15.2. The van der Waals surface area contributed by atoms with Gasteiger partial charge in [0.15, 0.2) is 0 Å². The molecule has 1 aliphatic carbocycles. The lowest BCUT2D eigenvalue weighted by molar-refractivity contribution is -0.0799. The van der Waals surface area contributed by atoms with E-state index in [4.69, 9.17) is 4.74 Å². The molecule has 0 amide bonds. The third-order valence-corrected chi connectivity index (χ3v) is 5.09. The van der Waals surface area contributed by atoms with Crippen molar-refractivity contribution in [3.8, 4) is 0 Å². The minimum Gasteiger partial charge on any atom is -0.368 e. The molecule has 0 aromatic rings. The zero-order valence-corrected chi connectivity index (χ0v) is 15.2. The highest BCUT2D eigenvalue weighted by atomic mass is 16.5. The van der Waals surface area contributed by atoms with E-state index in [1.807, 2.05) is 0 Å². The first-order valence-electron chi connectivity index (χ1n) is 8.85. The molecule has 0 radical (unpaired) electrons. The normalized spacial score (nSPS) is 31.3. The minimum atomic E-state index is -0.0861. The Morgan fingerprint density at radius 1 is 1.14 bits per heavy atom. The van der Waals surface area contributed by atoms with Crippen LogP contribution in [0.1, 0.15) is 61.3 Å². The number of rotatable bonds is 7. The van der Waals surface area contributed by atoms with Crippen LogP contribution < -0.4 is 5.32 Å². The molecule has 3 heteroatoms. The summed E-state index contributed by atoms with van der Waals surface area (Å²) in [6, 6.07) is 1.26. The maximum absolute atomic E-state index is 6.43. The second kappa shape index (κ2) is 6.17. The average molecular weight is 296 g/mol. The molecule has 124 valence electrons. The molecule has 0 spiro atoms. The number of ether oxygens (including phenoxy) is 1. The van der Waals surface area contributed by atoms with Crippen molar-refractivity contribution in [1.82, 2.24) is 10.2 Å². The fourth-order valence-corrected chi connectivity index (χ4v) is 4.17. The Bertz CT molecular complexity index is 347. The highest BCUT2D eigenvalue weighted by Gasteiger charge is 2.54. The van der Waals surface area contributed by atoms with Gasteiger partial charge in [-0.1, -0.05) is 20.8 Å². The number of likely N-dealkylation sites (N-methyl/N-ethyl adjacent to an activating group) is 1. The van der Waals surface area contributed by atoms with Crippen LogP contribution in [0.3, 0.4) is 0 Å². The Morgan fingerprint density at radius 3 is 2.24 bits per heavy atom. The average Bonchev–Trinajstić information content (AvgIpc) is 3.11. The summed E-state index contributed by atoms with van der Waals surface area (Å²) >= 11 is 0. The molecule has 0 aromatic heterocycles. The van der Waals surface area contributed by atoms with Crippen molar-refractivity contribution < 1.29 is 4.74 Å². The van der Waals surface area contributed by atoms with Gasteiger partial charge in [0.05, 0.1) is 11.2 Å². The standard InChI is InChI=1S/C18H36N2O/c1-8-19-16-15(17(4,5)21-18(16,6)7)12-20(11-13(2)3)14-9-10-14/h13-16,19H,8-12H2,1-7H3. The van der Waals surface area contributed by atoms with Gasteiger partial charge in [-0.05, 0) is 53.0 Å². The molecule has 1 heterocycles. The molecule has 2 unspecified atom stereocenters. The number of hydrogen-bond acceptors (Lipinski definition) is 3. The summed E-state index contributed by atoms with van der Waals surface area (Å²) in [6.07, 6.45) is 2.77. The lowest BCUT2D eigenvalue weighted by atomic mass is 9.82. The summed E-state index contributed by atoms with van der Waals surface area (Å²) in [6.45, 7) is 19.3. The van der Waals surface area contributed by atoms with Crippen LogP contribution in [0.5, 0.6) is 0 Å². The quantitative estimate of drug-likeness (QED) is 0.780. The summed E-state index contributed by atoms with van der Waals surface area (Å²) in [5, 5.41) is 3.71. The highest BCUT2D eigenvalue weighted by Crippen LogP contribution is 2.43. The predicted molar refractivity (Wildman–Crippen MR) is 89.6 cm³/mol. The van der Waals surface area contributed by atoms with Crippen LogP contribution >= 0.6 is 0 Å². The van der Waals surface area contributed by atoms with Gasteiger partial charge < -0.3 is 10.1 Å². The Morgan fingerprint density at radius 2 is 1.76 bits per heavy atom. The fourth-order valence-electron chi connectivity index (χ4n) is 4.17. The molecule has 0 aromatic carbocycles. The van der Waals surface area contributed by atoms with Crippen molar-refractivity contribution in [2.24, 2.45) is 11.8 Å². The predicted octanol–water partition coefficient (Wildman–Crippen LogP) is 3.29. The van der Waals surface area contributed by atoms with Gasteiger partial charge in [0.2, 0.25) is 0 Å². The van der Waals surface area contributed by atoms with Crippen LogP contribution in [-0.2, 0) is 4.74 Å². The second-order valence-electron chi connectivity index (χ2n) is 8.53. The number of nitrogens with zero attached hydrogens (tertiary/aromatic N) is 1. The molecular formula is C18H36N2O. The Kier molecular flexibility index (Phi) is 5.07. The molecular weight excluding hydrogens is 260 g/mol. The van der Waals surface area contributed by atoms with Crippen LogP contribution in [0.2, 0.25) is 0 Å². The van der Waals surface area contributed by atoms with E-state index in [2.05, 4.69) is 58.7 Å². The van der Waals surface area contributed by atoms with Crippen molar-refractivity contribution >= 4 is 0 Å². The van der Waals surface area contributed by atoms with E-state index in [9.17, 15) is 0 Å². The first-order chi connectivity index (χ1) is 9.67. The second-order valence-corrected chi connectivity index (χ2v) is 8.53. The van der Waals surface area contributed by atoms with Crippen LogP contribution in [0.4, 0.5) is 0 Å². The smallest absolute Gasteiger partial charge is 0.0790 e. The van der Waals surface area contributed by atoms with Gasteiger partial charge in [-0.25, -0.2) is 0 Å². The van der Waals surface area contributed by atoms with E-state index in [0.29, 0.717) is 12.0 Å². The molecule has 1 saturated carbocycles. The molecule has 1 aliphatic heterocycles. The van der Waals surface area contributed by atoms with Gasteiger partial charge in [-0.2, -0.15) is 0 Å². The zero-order chi connectivity index (χ0) is 15.8.